The van der Waals surface area contributed by atoms with Gasteiger partial charge in [-0.25, -0.2) is 8.42 Å². The molecule has 0 aromatic rings. The summed E-state index contributed by atoms with van der Waals surface area (Å²) in [5, 5.41) is 3.43. The van der Waals surface area contributed by atoms with Gasteiger partial charge in [0.2, 0.25) is 10.0 Å². The van der Waals surface area contributed by atoms with Gasteiger partial charge in [-0.3, -0.25) is 20.2 Å². The van der Waals surface area contributed by atoms with Gasteiger partial charge in [-0.1, -0.05) is 29.6 Å². The Labute approximate surface area is 157 Å². The molecule has 1 atom stereocenters. The van der Waals surface area contributed by atoms with Gasteiger partial charge in [0.25, 0.3) is 5.91 Å². The highest BCUT2D eigenvalue weighted by atomic mass is 32.2. The van der Waals surface area contributed by atoms with Crippen LogP contribution in [0.15, 0.2) is 5.18 Å². The molecule has 0 saturated heterocycles. The summed E-state index contributed by atoms with van der Waals surface area (Å²) in [5.74, 6) is -0.482. The lowest BCUT2D eigenvalue weighted by molar-refractivity contribution is -0.123. The van der Waals surface area contributed by atoms with Crippen molar-refractivity contribution >= 4 is 50.3 Å². The van der Waals surface area contributed by atoms with Gasteiger partial charge in [0.05, 0.1) is 9.98 Å². The average molecular weight is 408 g/mol. The molecule has 0 radical (unpaired) electrons. The standard InChI is InChI=1S/C13H21N5O4S3/c1-17(12(23)8-3-4-8)15-11(19)10(7-14-20)25(21,22)16-18(2)13(24)9-5-6-9/h8-10,16H,3-7H2,1-2H3,(H,15,19). The molecule has 140 valence electrons. The van der Waals surface area contributed by atoms with Crippen LogP contribution in [0.2, 0.25) is 0 Å². The minimum absolute atomic E-state index is 0.168. The minimum Gasteiger partial charge on any atom is -0.291 e. The summed E-state index contributed by atoms with van der Waals surface area (Å²) >= 11 is 10.4. The molecule has 2 saturated carbocycles. The fourth-order valence-electron chi connectivity index (χ4n) is 2.19. The molecule has 1 amide bonds. The molecule has 0 aliphatic heterocycles. The minimum atomic E-state index is -4.20. The van der Waals surface area contributed by atoms with Crippen LogP contribution in [0.5, 0.6) is 0 Å². The Morgan fingerprint density at radius 3 is 2.04 bits per heavy atom. The van der Waals surface area contributed by atoms with Gasteiger partial charge in [-0.05, 0) is 25.7 Å². The number of carbonyl (C=O) groups excluding carboxylic acids is 1. The molecule has 25 heavy (non-hydrogen) atoms. The van der Waals surface area contributed by atoms with Gasteiger partial charge in [-0.2, -0.15) is 4.91 Å². The molecule has 2 N–H and O–H groups in total. The maximum Gasteiger partial charge on any atom is 0.260 e. The first kappa shape index (κ1) is 20.1. The number of rotatable bonds is 8. The number of nitroso groups, excluding NO2 is 1. The lowest BCUT2D eigenvalue weighted by Crippen LogP contribution is -2.55. The van der Waals surface area contributed by atoms with Gasteiger partial charge in [-0.15, -0.1) is 4.83 Å². The van der Waals surface area contributed by atoms with Crippen LogP contribution in [-0.2, 0) is 14.8 Å². The van der Waals surface area contributed by atoms with E-state index in [0.29, 0.717) is 9.98 Å². The number of amides is 1. The SMILES string of the molecule is CN(NC(=O)C(CN=O)S(=O)(=O)NN(C)C(=S)C1CC1)C(=S)C1CC1. The molecule has 2 aliphatic carbocycles. The molecule has 2 fully saturated rings. The van der Waals surface area contributed by atoms with Crippen LogP contribution < -0.4 is 10.3 Å². The number of thiocarbonyl (C=S) groups is 2. The molecular weight excluding hydrogens is 386 g/mol. The highest BCUT2D eigenvalue weighted by molar-refractivity contribution is 7.91. The van der Waals surface area contributed by atoms with Crippen LogP contribution in [0.3, 0.4) is 0 Å². The molecular formula is C13H21N5O4S3. The van der Waals surface area contributed by atoms with Crippen molar-refractivity contribution in [2.45, 2.75) is 30.9 Å². The van der Waals surface area contributed by atoms with Crippen molar-refractivity contribution in [3.63, 3.8) is 0 Å². The van der Waals surface area contributed by atoms with Gasteiger partial charge in [0, 0.05) is 25.9 Å². The van der Waals surface area contributed by atoms with Crippen molar-refractivity contribution in [3.05, 3.63) is 4.91 Å². The molecule has 1 unspecified atom stereocenters. The predicted octanol–water partition coefficient (Wildman–Crippen LogP) is 0.325. The number of nitrogens with one attached hydrogen (secondary N) is 2. The number of nitrogens with zero attached hydrogens (tertiary/aromatic N) is 3. The van der Waals surface area contributed by atoms with Crippen LogP contribution in [-0.4, -0.2) is 60.2 Å². The summed E-state index contributed by atoms with van der Waals surface area (Å²) in [5.41, 5.74) is 2.41. The number of hydrogen-bond donors (Lipinski definition) is 2. The third kappa shape index (κ3) is 5.36. The van der Waals surface area contributed by atoms with Gasteiger partial charge >= 0.3 is 0 Å². The Morgan fingerprint density at radius 2 is 1.60 bits per heavy atom. The van der Waals surface area contributed by atoms with Crippen molar-refractivity contribution in [3.8, 4) is 0 Å². The van der Waals surface area contributed by atoms with E-state index in [-0.39, 0.29) is 11.8 Å². The van der Waals surface area contributed by atoms with E-state index in [1.165, 1.54) is 17.1 Å². The first-order chi connectivity index (χ1) is 11.7. The first-order valence-electron chi connectivity index (χ1n) is 7.83. The number of carbonyl (C=O) groups is 1. The van der Waals surface area contributed by atoms with Crippen molar-refractivity contribution in [2.75, 3.05) is 20.6 Å². The molecule has 2 aliphatic rings. The van der Waals surface area contributed by atoms with Crippen LogP contribution in [0.25, 0.3) is 0 Å². The van der Waals surface area contributed by atoms with Crippen LogP contribution in [0.1, 0.15) is 25.7 Å². The normalized spacial score (nSPS) is 18.2. The van der Waals surface area contributed by atoms with Crippen molar-refractivity contribution in [2.24, 2.45) is 17.0 Å². The second-order valence-corrected chi connectivity index (χ2v) is 8.93. The van der Waals surface area contributed by atoms with E-state index >= 15 is 0 Å². The second-order valence-electron chi connectivity index (χ2n) is 6.26. The number of hydrazine groups is 2. The lowest BCUT2D eigenvalue weighted by atomic mass is 10.4. The second kappa shape index (κ2) is 7.98. The highest BCUT2D eigenvalue weighted by Gasteiger charge is 2.38. The van der Waals surface area contributed by atoms with Crippen LogP contribution >= 0.6 is 24.4 Å². The van der Waals surface area contributed by atoms with Gasteiger partial charge in [0.1, 0.15) is 6.54 Å². The van der Waals surface area contributed by atoms with Gasteiger partial charge in [0.15, 0.2) is 5.25 Å². The predicted molar refractivity (Wildman–Crippen MR) is 101 cm³/mol. The van der Waals surface area contributed by atoms with Crippen LogP contribution in [0.4, 0.5) is 0 Å². The molecule has 0 aromatic carbocycles. The number of sulfonamides is 1. The van der Waals surface area contributed by atoms with E-state index in [9.17, 15) is 18.1 Å². The molecule has 2 rings (SSSR count). The molecule has 0 spiro atoms. The van der Waals surface area contributed by atoms with Crippen LogP contribution in [0, 0.1) is 16.7 Å². The summed E-state index contributed by atoms with van der Waals surface area (Å²) in [7, 11) is -1.19. The highest BCUT2D eigenvalue weighted by Crippen LogP contribution is 2.32. The van der Waals surface area contributed by atoms with E-state index in [1.54, 1.807) is 7.05 Å². The van der Waals surface area contributed by atoms with E-state index in [0.717, 1.165) is 25.7 Å². The Hall–Kier alpha value is -1.24. The first-order valence-corrected chi connectivity index (χ1v) is 10.2. The third-order valence-electron chi connectivity index (χ3n) is 3.96. The Morgan fingerprint density at radius 1 is 1.12 bits per heavy atom. The van der Waals surface area contributed by atoms with E-state index < -0.39 is 27.7 Å². The topological polar surface area (TPSA) is 111 Å². The van der Waals surface area contributed by atoms with E-state index in [1.807, 2.05) is 0 Å². The molecule has 12 heteroatoms. The average Bonchev–Trinajstić information content (AvgIpc) is 3.41. The summed E-state index contributed by atoms with van der Waals surface area (Å²) in [6, 6.07) is 0. The summed E-state index contributed by atoms with van der Waals surface area (Å²) in [6.07, 6.45) is 3.71. The summed E-state index contributed by atoms with van der Waals surface area (Å²) in [4.78, 5) is 26.2. The molecule has 9 nitrogen and oxygen atoms in total. The van der Waals surface area contributed by atoms with E-state index in [2.05, 4.69) is 15.4 Å². The summed E-state index contributed by atoms with van der Waals surface area (Å²) < 4.78 is 25.0. The quantitative estimate of drug-likeness (QED) is 0.336. The zero-order chi connectivity index (χ0) is 18.8. The van der Waals surface area contributed by atoms with Crippen molar-refractivity contribution in [1.29, 1.82) is 0 Å². The molecule has 0 heterocycles. The lowest BCUT2D eigenvalue weighted by Gasteiger charge is -2.26. The Bertz CT molecular complexity index is 675. The Balaban J connectivity index is 2.02. The molecule has 0 bridgehead atoms. The number of hydrogen-bond acceptors (Lipinski definition) is 7. The fraction of sp³-hybridized carbons (Fsp3) is 0.769. The maximum absolute atomic E-state index is 12.5. The Kier molecular flexibility index (Phi) is 6.40. The van der Waals surface area contributed by atoms with Crippen molar-refractivity contribution < 1.29 is 13.2 Å². The largest absolute Gasteiger partial charge is 0.291 e. The monoisotopic (exact) mass is 407 g/mol. The fourth-order valence-corrected chi connectivity index (χ4v) is 4.01. The molecule has 0 aromatic heterocycles. The van der Waals surface area contributed by atoms with Crippen molar-refractivity contribution in [1.82, 2.24) is 20.3 Å². The smallest absolute Gasteiger partial charge is 0.260 e. The van der Waals surface area contributed by atoms with Gasteiger partial charge < -0.3 is 0 Å². The third-order valence-corrected chi connectivity index (χ3v) is 6.82. The zero-order valence-corrected chi connectivity index (χ0v) is 16.4. The maximum atomic E-state index is 12.5. The van der Waals surface area contributed by atoms with E-state index in [4.69, 9.17) is 24.4 Å². The summed E-state index contributed by atoms with van der Waals surface area (Å²) in [6.45, 7) is -0.713. The zero-order valence-electron chi connectivity index (χ0n) is 14.0.